The first-order valence-corrected chi connectivity index (χ1v) is 8.60. The lowest BCUT2D eigenvalue weighted by Gasteiger charge is -2.18. The van der Waals surface area contributed by atoms with Crippen LogP contribution in [0.4, 0.5) is 5.69 Å². The van der Waals surface area contributed by atoms with Crippen LogP contribution in [0.1, 0.15) is 38.2 Å². The molecular formula is C17H24N4O6. The largest absolute Gasteiger partial charge is 0.354 e. The Labute approximate surface area is 156 Å². The van der Waals surface area contributed by atoms with Gasteiger partial charge in [0.25, 0.3) is 5.69 Å². The number of hydrogen-bond donors (Lipinski definition) is 4. The number of hydroxylamine groups is 1. The smallest absolute Gasteiger partial charge is 0.269 e. The third-order valence-electron chi connectivity index (χ3n) is 3.78. The van der Waals surface area contributed by atoms with Gasteiger partial charge in [0.05, 0.1) is 11.3 Å². The zero-order chi connectivity index (χ0) is 20.2. The van der Waals surface area contributed by atoms with Crippen LogP contribution in [0.5, 0.6) is 0 Å². The van der Waals surface area contributed by atoms with Crippen LogP contribution in [0.2, 0.25) is 0 Å². The third kappa shape index (κ3) is 8.27. The van der Waals surface area contributed by atoms with E-state index >= 15 is 0 Å². The Bertz CT molecular complexity index is 662. The van der Waals surface area contributed by atoms with E-state index in [1.54, 1.807) is 0 Å². The highest BCUT2D eigenvalue weighted by atomic mass is 16.6. The molecule has 0 bridgehead atoms. The van der Waals surface area contributed by atoms with Crippen LogP contribution >= 0.6 is 0 Å². The van der Waals surface area contributed by atoms with Crippen molar-refractivity contribution in [2.24, 2.45) is 0 Å². The van der Waals surface area contributed by atoms with Crippen molar-refractivity contribution in [2.45, 2.75) is 45.1 Å². The zero-order valence-corrected chi connectivity index (χ0v) is 15.1. The van der Waals surface area contributed by atoms with E-state index in [2.05, 4.69) is 10.6 Å². The first kappa shape index (κ1) is 22.0. The molecule has 0 aliphatic rings. The minimum absolute atomic E-state index is 0.0242. The number of rotatable bonds is 11. The summed E-state index contributed by atoms with van der Waals surface area (Å²) in [7, 11) is 0. The quantitative estimate of drug-likeness (QED) is 0.193. The lowest BCUT2D eigenvalue weighted by molar-refractivity contribution is -0.384. The predicted molar refractivity (Wildman–Crippen MR) is 95.8 cm³/mol. The predicted octanol–water partition coefficient (Wildman–Crippen LogP) is 0.824. The molecule has 10 heteroatoms. The number of amides is 3. The molecular weight excluding hydrogens is 356 g/mol. The third-order valence-corrected chi connectivity index (χ3v) is 3.78. The molecule has 0 aliphatic carbocycles. The molecule has 0 saturated heterocycles. The highest BCUT2D eigenvalue weighted by Gasteiger charge is 2.21. The molecule has 0 unspecified atom stereocenters. The molecule has 0 aromatic heterocycles. The Morgan fingerprint density at radius 2 is 1.85 bits per heavy atom. The fraction of sp³-hybridized carbons (Fsp3) is 0.471. The SMILES string of the molecule is CCCCNC(=O)[C@H](CCC(=O)NO)NC(=O)Cc1ccc([N+](=O)[O-])cc1. The maximum Gasteiger partial charge on any atom is 0.269 e. The van der Waals surface area contributed by atoms with Crippen molar-refractivity contribution in [3.05, 3.63) is 39.9 Å². The molecule has 4 N–H and O–H groups in total. The van der Waals surface area contributed by atoms with Crippen LogP contribution < -0.4 is 16.1 Å². The Kier molecular flexibility index (Phi) is 9.45. The maximum atomic E-state index is 12.2. The molecule has 1 rings (SSSR count). The van der Waals surface area contributed by atoms with Gasteiger partial charge >= 0.3 is 0 Å². The second kappa shape index (κ2) is 11.6. The van der Waals surface area contributed by atoms with Crippen molar-refractivity contribution in [1.82, 2.24) is 16.1 Å². The zero-order valence-electron chi connectivity index (χ0n) is 15.1. The van der Waals surface area contributed by atoms with Crippen molar-refractivity contribution in [3.8, 4) is 0 Å². The van der Waals surface area contributed by atoms with Crippen molar-refractivity contribution in [1.29, 1.82) is 0 Å². The molecule has 148 valence electrons. The lowest BCUT2D eigenvalue weighted by Crippen LogP contribution is -2.47. The van der Waals surface area contributed by atoms with Crippen LogP contribution in [0.25, 0.3) is 0 Å². The summed E-state index contributed by atoms with van der Waals surface area (Å²) in [6.45, 7) is 2.43. The standard InChI is InChI=1S/C17H24N4O6/c1-2-3-10-18-17(24)14(8-9-15(22)20-25)19-16(23)11-12-4-6-13(7-5-12)21(26)27/h4-7,14,25H,2-3,8-11H2,1H3,(H,18,24)(H,19,23)(H,20,22)/t14-/m0/s1. The first-order chi connectivity index (χ1) is 12.9. The van der Waals surface area contributed by atoms with Gasteiger partial charge in [-0.3, -0.25) is 29.7 Å². The fourth-order valence-corrected chi connectivity index (χ4v) is 2.28. The number of nitro groups is 1. The van der Waals surface area contributed by atoms with E-state index in [9.17, 15) is 24.5 Å². The Hall–Kier alpha value is -3.01. The average Bonchev–Trinajstić information content (AvgIpc) is 2.65. The fourth-order valence-electron chi connectivity index (χ4n) is 2.28. The number of nitro benzene ring substituents is 1. The second-order valence-electron chi connectivity index (χ2n) is 5.94. The number of benzene rings is 1. The van der Waals surface area contributed by atoms with Gasteiger partial charge in [-0.1, -0.05) is 25.5 Å². The molecule has 0 saturated carbocycles. The van der Waals surface area contributed by atoms with Crippen LogP contribution in [-0.2, 0) is 20.8 Å². The second-order valence-corrected chi connectivity index (χ2v) is 5.94. The van der Waals surface area contributed by atoms with Crippen molar-refractivity contribution in [3.63, 3.8) is 0 Å². The van der Waals surface area contributed by atoms with Gasteiger partial charge in [-0.25, -0.2) is 5.48 Å². The summed E-state index contributed by atoms with van der Waals surface area (Å²) in [6.07, 6.45) is 1.50. The highest BCUT2D eigenvalue weighted by molar-refractivity contribution is 5.89. The Balaban J connectivity index is 2.67. The number of carbonyl (C=O) groups is 3. The molecule has 10 nitrogen and oxygen atoms in total. The van der Waals surface area contributed by atoms with E-state index in [0.717, 1.165) is 12.8 Å². The van der Waals surface area contributed by atoms with E-state index in [-0.39, 0.29) is 24.9 Å². The topological polar surface area (TPSA) is 151 Å². The van der Waals surface area contributed by atoms with Crippen molar-refractivity contribution in [2.75, 3.05) is 6.54 Å². The molecule has 0 spiro atoms. The number of unbranched alkanes of at least 4 members (excludes halogenated alkanes) is 1. The van der Waals surface area contributed by atoms with Crippen LogP contribution in [0.3, 0.4) is 0 Å². The van der Waals surface area contributed by atoms with Gasteiger partial charge in [0.15, 0.2) is 0 Å². The summed E-state index contributed by atoms with van der Waals surface area (Å²) in [5.41, 5.74) is 1.95. The van der Waals surface area contributed by atoms with Gasteiger partial charge in [0.2, 0.25) is 17.7 Å². The number of hydrogen-bond acceptors (Lipinski definition) is 6. The minimum Gasteiger partial charge on any atom is -0.354 e. The van der Waals surface area contributed by atoms with Crippen molar-refractivity contribution >= 4 is 23.4 Å². The van der Waals surface area contributed by atoms with Gasteiger partial charge < -0.3 is 10.6 Å². The van der Waals surface area contributed by atoms with E-state index in [1.807, 2.05) is 6.92 Å². The molecule has 0 aliphatic heterocycles. The molecule has 0 radical (unpaired) electrons. The summed E-state index contributed by atoms with van der Waals surface area (Å²) in [5.74, 6) is -1.53. The van der Waals surface area contributed by atoms with Crippen LogP contribution in [0.15, 0.2) is 24.3 Å². The van der Waals surface area contributed by atoms with Gasteiger partial charge in [0.1, 0.15) is 6.04 Å². The van der Waals surface area contributed by atoms with E-state index in [0.29, 0.717) is 12.1 Å². The maximum absolute atomic E-state index is 12.2. The van der Waals surface area contributed by atoms with Gasteiger partial charge in [-0.05, 0) is 18.4 Å². The van der Waals surface area contributed by atoms with Gasteiger partial charge in [0, 0.05) is 25.1 Å². The Morgan fingerprint density at radius 3 is 2.41 bits per heavy atom. The summed E-state index contributed by atoms with van der Waals surface area (Å²) in [5, 5.41) is 24.5. The van der Waals surface area contributed by atoms with Gasteiger partial charge in [-0.15, -0.1) is 0 Å². The van der Waals surface area contributed by atoms with E-state index in [4.69, 9.17) is 5.21 Å². The average molecular weight is 380 g/mol. The number of non-ortho nitro benzene ring substituents is 1. The monoisotopic (exact) mass is 380 g/mol. The number of carbonyl (C=O) groups excluding carboxylic acids is 3. The van der Waals surface area contributed by atoms with E-state index < -0.39 is 28.7 Å². The van der Waals surface area contributed by atoms with Gasteiger partial charge in [-0.2, -0.15) is 0 Å². The normalized spacial score (nSPS) is 11.3. The lowest BCUT2D eigenvalue weighted by atomic mass is 10.1. The molecule has 27 heavy (non-hydrogen) atoms. The molecule has 0 heterocycles. The summed E-state index contributed by atoms with van der Waals surface area (Å²) >= 11 is 0. The van der Waals surface area contributed by atoms with Crippen molar-refractivity contribution < 1.29 is 24.5 Å². The number of nitrogens with one attached hydrogen (secondary N) is 3. The summed E-state index contributed by atoms with van der Waals surface area (Å²) < 4.78 is 0. The first-order valence-electron chi connectivity index (χ1n) is 8.60. The minimum atomic E-state index is -0.926. The number of nitrogens with zero attached hydrogens (tertiary/aromatic N) is 1. The van der Waals surface area contributed by atoms with Crippen LogP contribution in [0, 0.1) is 10.1 Å². The molecule has 3 amide bonds. The molecule has 0 fully saturated rings. The Morgan fingerprint density at radius 1 is 1.19 bits per heavy atom. The molecule has 1 atom stereocenters. The van der Waals surface area contributed by atoms with Crippen LogP contribution in [-0.4, -0.2) is 40.4 Å². The van der Waals surface area contributed by atoms with E-state index in [1.165, 1.54) is 29.7 Å². The highest BCUT2D eigenvalue weighted by Crippen LogP contribution is 2.12. The summed E-state index contributed by atoms with van der Waals surface area (Å²) in [6, 6.07) is 4.59. The molecule has 1 aromatic rings. The summed E-state index contributed by atoms with van der Waals surface area (Å²) in [4.78, 5) is 45.8. The molecule has 1 aromatic carbocycles.